The average Bonchev–Trinajstić information content (AvgIpc) is 2.60. The molecule has 0 spiro atoms. The minimum atomic E-state index is -0.401. The molecule has 1 unspecified atom stereocenters. The van der Waals surface area contributed by atoms with Gasteiger partial charge in [0.25, 0.3) is 0 Å². The third-order valence-electron chi connectivity index (χ3n) is 4.07. The Labute approximate surface area is 150 Å². The summed E-state index contributed by atoms with van der Waals surface area (Å²) in [6.07, 6.45) is -0.401. The summed E-state index contributed by atoms with van der Waals surface area (Å²) < 4.78 is 5.81. The Bertz CT molecular complexity index is 653. The minimum absolute atomic E-state index is 0.127. The monoisotopic (exact) mass is 340 g/mol. The minimum Gasteiger partial charge on any atom is -0.471 e. The van der Waals surface area contributed by atoms with Crippen molar-refractivity contribution in [3.63, 3.8) is 0 Å². The lowest BCUT2D eigenvalue weighted by Gasteiger charge is -2.24. The summed E-state index contributed by atoms with van der Waals surface area (Å²) in [4.78, 5) is 14.2. The molecule has 0 aliphatic rings. The van der Waals surface area contributed by atoms with Gasteiger partial charge in [-0.05, 0) is 43.0 Å². The standard InChI is InChI=1S/C21H28N2O2/c1-5-23(15-18-9-7-6-8-10-18)21(24)22-17(4)25-20-13-11-19(12-14-20)16(2)3/h6-14,16-17H,5,15H2,1-4H3,(H,22,24). The van der Waals surface area contributed by atoms with E-state index in [9.17, 15) is 4.79 Å². The second-order valence-corrected chi connectivity index (χ2v) is 6.43. The van der Waals surface area contributed by atoms with E-state index in [0.717, 1.165) is 11.3 Å². The van der Waals surface area contributed by atoms with Crippen molar-refractivity contribution in [1.82, 2.24) is 10.2 Å². The van der Waals surface area contributed by atoms with Crippen molar-refractivity contribution in [2.24, 2.45) is 0 Å². The van der Waals surface area contributed by atoms with Crippen LogP contribution in [-0.4, -0.2) is 23.7 Å². The maximum absolute atomic E-state index is 12.5. The zero-order valence-corrected chi connectivity index (χ0v) is 15.5. The molecular weight excluding hydrogens is 312 g/mol. The highest BCUT2D eigenvalue weighted by atomic mass is 16.5. The Morgan fingerprint density at radius 3 is 2.24 bits per heavy atom. The quantitative estimate of drug-likeness (QED) is 0.738. The highest BCUT2D eigenvalue weighted by Gasteiger charge is 2.15. The highest BCUT2D eigenvalue weighted by Crippen LogP contribution is 2.19. The molecule has 2 aromatic carbocycles. The molecule has 0 fully saturated rings. The smallest absolute Gasteiger partial charge is 0.320 e. The summed E-state index contributed by atoms with van der Waals surface area (Å²) in [6.45, 7) is 9.34. The summed E-state index contributed by atoms with van der Waals surface area (Å²) in [5.74, 6) is 1.24. The van der Waals surface area contributed by atoms with Crippen LogP contribution in [0.3, 0.4) is 0 Å². The van der Waals surface area contributed by atoms with E-state index < -0.39 is 6.23 Å². The van der Waals surface area contributed by atoms with Crippen molar-refractivity contribution in [3.05, 3.63) is 65.7 Å². The van der Waals surface area contributed by atoms with Gasteiger partial charge in [0.05, 0.1) is 0 Å². The fraction of sp³-hybridized carbons (Fsp3) is 0.381. The number of rotatable bonds is 7. The first-order valence-corrected chi connectivity index (χ1v) is 8.85. The van der Waals surface area contributed by atoms with E-state index in [1.54, 1.807) is 4.90 Å². The molecule has 2 rings (SSSR count). The van der Waals surface area contributed by atoms with Crippen molar-refractivity contribution in [3.8, 4) is 5.75 Å². The topological polar surface area (TPSA) is 41.6 Å². The SMILES string of the molecule is CCN(Cc1ccccc1)C(=O)NC(C)Oc1ccc(C(C)C)cc1. The van der Waals surface area contributed by atoms with Crippen LogP contribution in [0.1, 0.15) is 44.7 Å². The van der Waals surface area contributed by atoms with Gasteiger partial charge in [-0.3, -0.25) is 0 Å². The molecule has 0 saturated heterocycles. The summed E-state index contributed by atoms with van der Waals surface area (Å²) in [7, 11) is 0. The molecule has 25 heavy (non-hydrogen) atoms. The Morgan fingerprint density at radius 1 is 1.04 bits per heavy atom. The number of amides is 2. The van der Waals surface area contributed by atoms with Crippen LogP contribution < -0.4 is 10.1 Å². The number of urea groups is 1. The maximum atomic E-state index is 12.5. The van der Waals surface area contributed by atoms with E-state index in [4.69, 9.17) is 4.74 Å². The van der Waals surface area contributed by atoms with E-state index in [0.29, 0.717) is 19.0 Å². The third-order valence-corrected chi connectivity index (χ3v) is 4.07. The van der Waals surface area contributed by atoms with Crippen LogP contribution in [0.5, 0.6) is 5.75 Å². The number of benzene rings is 2. The molecule has 0 aliphatic heterocycles. The molecule has 1 atom stereocenters. The number of nitrogens with one attached hydrogen (secondary N) is 1. The summed E-state index contributed by atoms with van der Waals surface area (Å²) in [5.41, 5.74) is 2.38. The number of carbonyl (C=O) groups is 1. The molecule has 2 amide bonds. The van der Waals surface area contributed by atoms with Crippen molar-refractivity contribution in [2.45, 2.75) is 46.4 Å². The first-order chi connectivity index (χ1) is 12.0. The fourth-order valence-electron chi connectivity index (χ4n) is 2.56. The molecule has 0 saturated carbocycles. The number of nitrogens with zero attached hydrogens (tertiary/aromatic N) is 1. The lowest BCUT2D eigenvalue weighted by Crippen LogP contribution is -2.45. The van der Waals surface area contributed by atoms with E-state index in [-0.39, 0.29) is 6.03 Å². The largest absolute Gasteiger partial charge is 0.471 e. The van der Waals surface area contributed by atoms with Gasteiger partial charge in [-0.2, -0.15) is 0 Å². The number of hydrogen-bond acceptors (Lipinski definition) is 2. The summed E-state index contributed by atoms with van der Waals surface area (Å²) in [5, 5.41) is 2.90. The highest BCUT2D eigenvalue weighted by molar-refractivity contribution is 5.74. The van der Waals surface area contributed by atoms with E-state index >= 15 is 0 Å². The zero-order chi connectivity index (χ0) is 18.2. The molecule has 2 aromatic rings. The van der Waals surface area contributed by atoms with Gasteiger partial charge in [0.15, 0.2) is 6.23 Å². The van der Waals surface area contributed by atoms with Crippen molar-refractivity contribution >= 4 is 6.03 Å². The van der Waals surface area contributed by atoms with E-state index in [1.165, 1.54) is 5.56 Å². The van der Waals surface area contributed by atoms with Gasteiger partial charge in [0.2, 0.25) is 0 Å². The van der Waals surface area contributed by atoms with Gasteiger partial charge < -0.3 is 15.0 Å². The Balaban J connectivity index is 1.89. The Kier molecular flexibility index (Phi) is 6.87. The molecule has 0 radical (unpaired) electrons. The van der Waals surface area contributed by atoms with Crippen molar-refractivity contribution in [2.75, 3.05) is 6.54 Å². The molecule has 1 N–H and O–H groups in total. The lowest BCUT2D eigenvalue weighted by molar-refractivity contribution is 0.153. The second kappa shape index (κ2) is 9.11. The number of carbonyl (C=O) groups excluding carboxylic acids is 1. The van der Waals surface area contributed by atoms with Gasteiger partial charge in [0.1, 0.15) is 5.75 Å². The van der Waals surface area contributed by atoms with E-state index in [1.807, 2.05) is 56.3 Å². The Hall–Kier alpha value is -2.49. The van der Waals surface area contributed by atoms with Crippen LogP contribution in [0.25, 0.3) is 0 Å². The third kappa shape index (κ3) is 5.82. The molecule has 134 valence electrons. The normalized spacial score (nSPS) is 11.9. The van der Waals surface area contributed by atoms with Crippen LogP contribution in [0, 0.1) is 0 Å². The molecule has 0 heterocycles. The van der Waals surface area contributed by atoms with Crippen LogP contribution in [-0.2, 0) is 6.54 Å². The fourth-order valence-corrected chi connectivity index (χ4v) is 2.56. The molecule has 0 aliphatic carbocycles. The van der Waals surface area contributed by atoms with Gasteiger partial charge in [-0.25, -0.2) is 4.79 Å². The van der Waals surface area contributed by atoms with Crippen molar-refractivity contribution in [1.29, 1.82) is 0 Å². The van der Waals surface area contributed by atoms with E-state index in [2.05, 4.69) is 31.3 Å². The molecule has 4 heteroatoms. The Morgan fingerprint density at radius 2 is 1.68 bits per heavy atom. The first-order valence-electron chi connectivity index (χ1n) is 8.85. The average molecular weight is 340 g/mol. The predicted molar refractivity (Wildman–Crippen MR) is 102 cm³/mol. The molecule has 4 nitrogen and oxygen atoms in total. The first kappa shape index (κ1) is 18.8. The van der Waals surface area contributed by atoms with Crippen molar-refractivity contribution < 1.29 is 9.53 Å². The number of ether oxygens (including phenoxy) is 1. The zero-order valence-electron chi connectivity index (χ0n) is 15.5. The predicted octanol–water partition coefficient (Wildman–Crippen LogP) is 4.77. The summed E-state index contributed by atoms with van der Waals surface area (Å²) >= 11 is 0. The van der Waals surface area contributed by atoms with Crippen LogP contribution in [0.2, 0.25) is 0 Å². The van der Waals surface area contributed by atoms with Crippen LogP contribution in [0.4, 0.5) is 4.79 Å². The van der Waals surface area contributed by atoms with Crippen LogP contribution in [0.15, 0.2) is 54.6 Å². The van der Waals surface area contributed by atoms with Gasteiger partial charge >= 0.3 is 6.03 Å². The van der Waals surface area contributed by atoms with Gasteiger partial charge in [0, 0.05) is 13.1 Å². The second-order valence-electron chi connectivity index (χ2n) is 6.43. The maximum Gasteiger partial charge on any atom is 0.320 e. The summed E-state index contributed by atoms with van der Waals surface area (Å²) in [6, 6.07) is 17.8. The van der Waals surface area contributed by atoms with Gasteiger partial charge in [-0.1, -0.05) is 56.3 Å². The van der Waals surface area contributed by atoms with Crippen LogP contribution >= 0.6 is 0 Å². The molecule has 0 aromatic heterocycles. The number of hydrogen-bond donors (Lipinski definition) is 1. The molecule has 0 bridgehead atoms. The lowest BCUT2D eigenvalue weighted by atomic mass is 10.0. The van der Waals surface area contributed by atoms with Gasteiger partial charge in [-0.15, -0.1) is 0 Å². The molecular formula is C21H28N2O2.